The van der Waals surface area contributed by atoms with E-state index in [1.54, 1.807) is 30.5 Å². The lowest BCUT2D eigenvalue weighted by molar-refractivity contribution is -0.130. The molecule has 0 unspecified atom stereocenters. The predicted molar refractivity (Wildman–Crippen MR) is 216 cm³/mol. The molecule has 57 heavy (non-hydrogen) atoms. The van der Waals surface area contributed by atoms with Crippen LogP contribution in [0.1, 0.15) is 57.6 Å². The number of aromatic amines is 1. The van der Waals surface area contributed by atoms with E-state index in [4.69, 9.17) is 9.47 Å². The summed E-state index contributed by atoms with van der Waals surface area (Å²) in [5.74, 6) is 0.883. The van der Waals surface area contributed by atoms with Gasteiger partial charge >= 0.3 is 6.09 Å². The fraction of sp³-hybridized carbons (Fsp3) is 0.381. The Kier molecular flexibility index (Phi) is 13.1. The quantitative estimate of drug-likeness (QED) is 0.104. The molecule has 298 valence electrons. The number of aromatic nitrogens is 6. The molecular weight excluding hydrogens is 725 g/mol. The molecule has 3 aromatic carbocycles. The molecule has 1 aliphatic rings. The first-order valence-corrected chi connectivity index (χ1v) is 19.1. The molecule has 1 saturated carbocycles. The van der Waals surface area contributed by atoms with Crippen LogP contribution in [0.25, 0.3) is 22.5 Å². The number of hydrogen-bond acceptors (Lipinski definition) is 11. The number of nitrogens with one attached hydrogen (secondary N) is 4. The fourth-order valence-electron chi connectivity index (χ4n) is 6.55. The van der Waals surface area contributed by atoms with Gasteiger partial charge in [0.2, 0.25) is 29.5 Å². The number of benzene rings is 3. The Balaban J connectivity index is 1.15. The zero-order chi connectivity index (χ0) is 40.4. The molecule has 1 atom stereocenters. The van der Waals surface area contributed by atoms with Crippen LogP contribution in [0.5, 0.6) is 5.88 Å². The summed E-state index contributed by atoms with van der Waals surface area (Å²) in [5, 5.41) is 22.9. The van der Waals surface area contributed by atoms with Gasteiger partial charge in [0.1, 0.15) is 18.2 Å². The van der Waals surface area contributed by atoms with E-state index >= 15 is 0 Å². The SMILES string of the molecule is CN(C)c1ncc(-c2ccc(C[C@H](NC(=O)C3CCC(CNC(=O)OC(C)(C)C)CC3)C(=O)Nc3ccc(-c4nn[nH]n4)cc3)cc2)c(OCc2ccccc2)n1. The highest BCUT2D eigenvalue weighted by atomic mass is 16.6. The maximum Gasteiger partial charge on any atom is 0.407 e. The first-order valence-electron chi connectivity index (χ1n) is 19.1. The average molecular weight is 775 g/mol. The molecule has 15 heteroatoms. The number of carbonyl (C=O) groups is 3. The number of anilines is 2. The van der Waals surface area contributed by atoms with Gasteiger partial charge in [-0.3, -0.25) is 9.59 Å². The summed E-state index contributed by atoms with van der Waals surface area (Å²) in [6, 6.07) is 23.9. The van der Waals surface area contributed by atoms with Crippen molar-refractivity contribution < 1.29 is 23.9 Å². The molecule has 2 aromatic heterocycles. The van der Waals surface area contributed by atoms with Gasteiger partial charge in [-0.05, 0) is 98.5 Å². The summed E-state index contributed by atoms with van der Waals surface area (Å²) in [7, 11) is 3.75. The molecule has 0 saturated heterocycles. The van der Waals surface area contributed by atoms with Gasteiger partial charge in [0.25, 0.3) is 0 Å². The standard InChI is InChI=1S/C42H50N10O5/c1-42(2,3)57-41(55)44-24-28-13-17-32(18-14-28)37(53)46-35(38(54)45-33-21-19-31(20-22-33)36-48-50-51-49-36)23-27-11-15-30(16-12-27)34-25-43-40(52(4)5)47-39(34)56-26-29-9-7-6-8-10-29/h6-12,15-16,19-22,25,28,32,35H,13-14,17-18,23-24,26H2,1-5H3,(H,44,55)(H,45,54)(H,46,53)(H,48,49,50,51)/t28?,32?,35-/m0/s1. The van der Waals surface area contributed by atoms with E-state index in [0.29, 0.717) is 49.3 Å². The third-order valence-electron chi connectivity index (χ3n) is 9.60. The van der Waals surface area contributed by atoms with Crippen molar-refractivity contribution in [2.24, 2.45) is 11.8 Å². The Labute approximate surface area is 332 Å². The van der Waals surface area contributed by atoms with Crippen molar-refractivity contribution in [2.45, 2.75) is 71.1 Å². The van der Waals surface area contributed by atoms with E-state index in [1.165, 1.54) is 0 Å². The van der Waals surface area contributed by atoms with Crippen LogP contribution < -0.4 is 25.6 Å². The zero-order valence-corrected chi connectivity index (χ0v) is 33.0. The molecule has 3 amide bonds. The third kappa shape index (κ3) is 11.6. The first kappa shape index (κ1) is 40.3. The second-order valence-electron chi connectivity index (χ2n) is 15.4. The van der Waals surface area contributed by atoms with E-state index in [0.717, 1.165) is 40.7 Å². The number of alkyl carbamates (subject to hydrolysis) is 1. The van der Waals surface area contributed by atoms with E-state index < -0.39 is 17.7 Å². The van der Waals surface area contributed by atoms with Crippen molar-refractivity contribution in [3.63, 3.8) is 0 Å². The molecule has 15 nitrogen and oxygen atoms in total. The minimum absolute atomic E-state index is 0.170. The van der Waals surface area contributed by atoms with Crippen molar-refractivity contribution in [1.29, 1.82) is 0 Å². The summed E-state index contributed by atoms with van der Waals surface area (Å²) in [6.07, 6.45) is 4.40. The van der Waals surface area contributed by atoms with Crippen LogP contribution in [-0.4, -0.2) is 80.8 Å². The maximum absolute atomic E-state index is 13.9. The molecule has 0 bridgehead atoms. The smallest absolute Gasteiger partial charge is 0.407 e. The number of carbonyl (C=O) groups excluding carboxylic acids is 3. The highest BCUT2D eigenvalue weighted by Gasteiger charge is 2.30. The Morgan fingerprint density at radius 2 is 1.60 bits per heavy atom. The molecule has 0 aliphatic heterocycles. The fourth-order valence-corrected chi connectivity index (χ4v) is 6.55. The van der Waals surface area contributed by atoms with Crippen LogP contribution >= 0.6 is 0 Å². The van der Waals surface area contributed by atoms with Crippen molar-refractivity contribution >= 4 is 29.5 Å². The lowest BCUT2D eigenvalue weighted by Crippen LogP contribution is -2.48. The average Bonchev–Trinajstić information content (AvgIpc) is 3.75. The largest absolute Gasteiger partial charge is 0.472 e. The Hall–Kier alpha value is -6.38. The predicted octanol–water partition coefficient (Wildman–Crippen LogP) is 5.97. The van der Waals surface area contributed by atoms with Gasteiger partial charge in [0, 0.05) is 50.4 Å². The second-order valence-corrected chi connectivity index (χ2v) is 15.4. The maximum atomic E-state index is 13.9. The summed E-state index contributed by atoms with van der Waals surface area (Å²) < 4.78 is 11.6. The van der Waals surface area contributed by atoms with Gasteiger partial charge in [0.05, 0.1) is 5.56 Å². The van der Waals surface area contributed by atoms with Crippen LogP contribution in [0.4, 0.5) is 16.4 Å². The van der Waals surface area contributed by atoms with Crippen molar-refractivity contribution in [3.8, 4) is 28.4 Å². The monoisotopic (exact) mass is 774 g/mol. The zero-order valence-electron chi connectivity index (χ0n) is 33.0. The number of tetrazole rings is 1. The summed E-state index contributed by atoms with van der Waals surface area (Å²) in [4.78, 5) is 50.9. The molecule has 1 aliphatic carbocycles. The number of rotatable bonds is 14. The lowest BCUT2D eigenvalue weighted by atomic mass is 9.81. The molecule has 6 rings (SSSR count). The van der Waals surface area contributed by atoms with Crippen LogP contribution in [0, 0.1) is 11.8 Å². The molecule has 1 fully saturated rings. The Bertz CT molecular complexity index is 2080. The Morgan fingerprint density at radius 1 is 0.895 bits per heavy atom. The van der Waals surface area contributed by atoms with E-state index in [9.17, 15) is 14.4 Å². The molecule has 4 N–H and O–H groups in total. The number of H-pyrrole nitrogens is 1. The van der Waals surface area contributed by atoms with Gasteiger partial charge in [-0.2, -0.15) is 10.2 Å². The highest BCUT2D eigenvalue weighted by Crippen LogP contribution is 2.31. The molecule has 2 heterocycles. The highest BCUT2D eigenvalue weighted by molar-refractivity contribution is 5.97. The number of ether oxygens (including phenoxy) is 2. The number of hydrogen-bond donors (Lipinski definition) is 4. The van der Waals surface area contributed by atoms with Gasteiger partial charge < -0.3 is 30.3 Å². The number of amides is 3. The van der Waals surface area contributed by atoms with Crippen molar-refractivity contribution in [1.82, 2.24) is 41.2 Å². The van der Waals surface area contributed by atoms with Gasteiger partial charge in [0.15, 0.2) is 0 Å². The first-order chi connectivity index (χ1) is 27.4. The Morgan fingerprint density at radius 3 is 2.25 bits per heavy atom. The molecular formula is C42H50N10O5. The van der Waals surface area contributed by atoms with Crippen LogP contribution in [0.15, 0.2) is 85.1 Å². The molecule has 0 spiro atoms. The summed E-state index contributed by atoms with van der Waals surface area (Å²) in [5.41, 5.74) is 4.16. The van der Waals surface area contributed by atoms with Gasteiger partial charge in [-0.25, -0.2) is 9.78 Å². The lowest BCUT2D eigenvalue weighted by Gasteiger charge is -2.29. The molecule has 0 radical (unpaired) electrons. The van der Waals surface area contributed by atoms with E-state index in [-0.39, 0.29) is 30.1 Å². The third-order valence-corrected chi connectivity index (χ3v) is 9.60. The summed E-state index contributed by atoms with van der Waals surface area (Å²) >= 11 is 0. The van der Waals surface area contributed by atoms with Crippen molar-refractivity contribution in [2.75, 3.05) is 30.9 Å². The van der Waals surface area contributed by atoms with Crippen LogP contribution in [0.2, 0.25) is 0 Å². The topological polar surface area (TPSA) is 189 Å². The van der Waals surface area contributed by atoms with Gasteiger partial charge in [-0.1, -0.05) is 54.6 Å². The minimum atomic E-state index is -0.862. The van der Waals surface area contributed by atoms with Gasteiger partial charge in [-0.15, -0.1) is 10.2 Å². The van der Waals surface area contributed by atoms with E-state index in [1.807, 2.05) is 94.4 Å². The summed E-state index contributed by atoms with van der Waals surface area (Å²) in [6.45, 7) is 6.31. The van der Waals surface area contributed by atoms with Crippen LogP contribution in [0.3, 0.4) is 0 Å². The van der Waals surface area contributed by atoms with Crippen LogP contribution in [-0.2, 0) is 27.4 Å². The van der Waals surface area contributed by atoms with E-state index in [2.05, 4.69) is 46.5 Å². The second kappa shape index (κ2) is 18.5. The number of nitrogens with zero attached hydrogens (tertiary/aromatic N) is 6. The molecule has 5 aromatic rings. The minimum Gasteiger partial charge on any atom is -0.472 e. The normalized spacial score (nSPS) is 15.9. The van der Waals surface area contributed by atoms with Crippen molar-refractivity contribution in [3.05, 3.63) is 96.2 Å².